The van der Waals surface area contributed by atoms with E-state index in [9.17, 15) is 14.4 Å². The molecule has 1 aromatic heterocycles. The number of rotatable bonds is 9. The second kappa shape index (κ2) is 8.72. The predicted octanol–water partition coefficient (Wildman–Crippen LogP) is 1.11. The minimum atomic E-state index is -0.528. The molecule has 24 heavy (non-hydrogen) atoms. The van der Waals surface area contributed by atoms with E-state index in [1.807, 2.05) is 6.92 Å². The highest BCUT2D eigenvalue weighted by Gasteiger charge is 2.28. The number of carbonyl (C=O) groups excluding carboxylic acids is 3. The standard InChI is InChI=1S/C15H21N3O5S/c1-9-5-12(18-23-9)17-14(20)7-24-8-15(21)22-6-13(19)16-10(2)11-3-4-11/h5,10-11H,3-4,6-8H2,1-2H3,(H,16,19)(H,17,18,20). The molecule has 1 aliphatic rings. The molecule has 0 aromatic carbocycles. The summed E-state index contributed by atoms with van der Waals surface area (Å²) in [4.78, 5) is 34.8. The van der Waals surface area contributed by atoms with Crippen LogP contribution in [0.3, 0.4) is 0 Å². The van der Waals surface area contributed by atoms with E-state index in [4.69, 9.17) is 9.26 Å². The van der Waals surface area contributed by atoms with E-state index >= 15 is 0 Å². The number of aryl methyl sites for hydroxylation is 1. The first-order valence-electron chi connectivity index (χ1n) is 7.70. The van der Waals surface area contributed by atoms with Crippen LogP contribution in [0.5, 0.6) is 0 Å². The molecule has 1 atom stereocenters. The molecule has 1 saturated carbocycles. The highest BCUT2D eigenvalue weighted by molar-refractivity contribution is 8.00. The third-order valence-electron chi connectivity index (χ3n) is 3.43. The Bertz CT molecular complexity index is 600. The van der Waals surface area contributed by atoms with E-state index in [2.05, 4.69) is 15.8 Å². The van der Waals surface area contributed by atoms with Gasteiger partial charge in [0.2, 0.25) is 5.91 Å². The van der Waals surface area contributed by atoms with Gasteiger partial charge in [0, 0.05) is 12.1 Å². The van der Waals surface area contributed by atoms with Crippen molar-refractivity contribution in [2.75, 3.05) is 23.4 Å². The van der Waals surface area contributed by atoms with Gasteiger partial charge in [-0.2, -0.15) is 0 Å². The molecule has 8 nitrogen and oxygen atoms in total. The van der Waals surface area contributed by atoms with Gasteiger partial charge >= 0.3 is 5.97 Å². The Hall–Kier alpha value is -2.03. The monoisotopic (exact) mass is 355 g/mol. The van der Waals surface area contributed by atoms with Crippen molar-refractivity contribution < 1.29 is 23.6 Å². The van der Waals surface area contributed by atoms with Crippen molar-refractivity contribution >= 4 is 35.4 Å². The Kier molecular flexibility index (Phi) is 6.65. The summed E-state index contributed by atoms with van der Waals surface area (Å²) in [6.45, 7) is 3.37. The first-order chi connectivity index (χ1) is 11.4. The van der Waals surface area contributed by atoms with Crippen molar-refractivity contribution in [3.8, 4) is 0 Å². The van der Waals surface area contributed by atoms with Crippen molar-refractivity contribution in [3.05, 3.63) is 11.8 Å². The number of aromatic nitrogens is 1. The number of thioether (sulfide) groups is 1. The number of hydrogen-bond acceptors (Lipinski definition) is 7. The first kappa shape index (κ1) is 18.3. The highest BCUT2D eigenvalue weighted by atomic mass is 32.2. The average Bonchev–Trinajstić information content (AvgIpc) is 3.29. The molecular weight excluding hydrogens is 334 g/mol. The van der Waals surface area contributed by atoms with Crippen molar-refractivity contribution in [3.63, 3.8) is 0 Å². The molecule has 0 saturated heterocycles. The maximum atomic E-state index is 11.6. The summed E-state index contributed by atoms with van der Waals surface area (Å²) in [5.41, 5.74) is 0. The third kappa shape index (κ3) is 6.61. The fourth-order valence-corrected chi connectivity index (χ4v) is 2.64. The Balaban J connectivity index is 1.54. The zero-order valence-electron chi connectivity index (χ0n) is 13.7. The molecule has 1 aliphatic carbocycles. The molecule has 1 unspecified atom stereocenters. The zero-order valence-corrected chi connectivity index (χ0v) is 14.5. The number of nitrogens with one attached hydrogen (secondary N) is 2. The van der Waals surface area contributed by atoms with Crippen LogP contribution in [-0.4, -0.2) is 47.1 Å². The number of anilines is 1. The van der Waals surface area contributed by atoms with Crippen LogP contribution in [-0.2, 0) is 19.1 Å². The molecule has 0 aliphatic heterocycles. The van der Waals surface area contributed by atoms with Crippen LogP contribution in [0.1, 0.15) is 25.5 Å². The summed E-state index contributed by atoms with van der Waals surface area (Å²) in [7, 11) is 0. The van der Waals surface area contributed by atoms with Crippen molar-refractivity contribution in [1.29, 1.82) is 0 Å². The van der Waals surface area contributed by atoms with Crippen LogP contribution in [0.25, 0.3) is 0 Å². The molecular formula is C15H21N3O5S. The number of amides is 2. The van der Waals surface area contributed by atoms with E-state index < -0.39 is 5.97 Å². The number of nitrogens with zero attached hydrogens (tertiary/aromatic N) is 1. The van der Waals surface area contributed by atoms with Gasteiger partial charge in [-0.3, -0.25) is 14.4 Å². The smallest absolute Gasteiger partial charge is 0.316 e. The summed E-state index contributed by atoms with van der Waals surface area (Å²) in [5, 5.41) is 8.98. The van der Waals surface area contributed by atoms with E-state index in [0.717, 1.165) is 24.6 Å². The fourth-order valence-electron chi connectivity index (χ4n) is 2.03. The number of esters is 1. The second-order valence-corrected chi connectivity index (χ2v) is 6.70. The van der Waals surface area contributed by atoms with Gasteiger partial charge in [-0.15, -0.1) is 11.8 Å². The van der Waals surface area contributed by atoms with Crippen LogP contribution in [0.4, 0.5) is 5.82 Å². The molecule has 1 heterocycles. The van der Waals surface area contributed by atoms with Gasteiger partial charge in [-0.25, -0.2) is 0 Å². The molecule has 132 valence electrons. The van der Waals surface area contributed by atoms with Crippen molar-refractivity contribution in [1.82, 2.24) is 10.5 Å². The Morgan fingerprint density at radius 2 is 2.12 bits per heavy atom. The topological polar surface area (TPSA) is 111 Å². The summed E-state index contributed by atoms with van der Waals surface area (Å²) >= 11 is 1.10. The van der Waals surface area contributed by atoms with Crippen LogP contribution >= 0.6 is 11.8 Å². The molecule has 0 radical (unpaired) electrons. The van der Waals surface area contributed by atoms with E-state index in [1.165, 1.54) is 0 Å². The lowest BCUT2D eigenvalue weighted by atomic mass is 10.2. The normalized spacial score (nSPS) is 14.8. The predicted molar refractivity (Wildman–Crippen MR) is 88.5 cm³/mol. The zero-order chi connectivity index (χ0) is 17.5. The van der Waals surface area contributed by atoms with E-state index in [0.29, 0.717) is 17.5 Å². The second-order valence-electron chi connectivity index (χ2n) is 5.72. The summed E-state index contributed by atoms with van der Waals surface area (Å²) in [6.07, 6.45) is 2.27. The summed E-state index contributed by atoms with van der Waals surface area (Å²) < 4.78 is 9.70. The Morgan fingerprint density at radius 3 is 2.75 bits per heavy atom. The molecule has 0 bridgehead atoms. The van der Waals surface area contributed by atoms with Gasteiger partial charge in [0.25, 0.3) is 5.91 Å². The summed E-state index contributed by atoms with van der Waals surface area (Å²) in [5.74, 6) is 0.427. The fraction of sp³-hybridized carbons (Fsp3) is 0.600. The van der Waals surface area contributed by atoms with Crippen LogP contribution in [0, 0.1) is 12.8 Å². The van der Waals surface area contributed by atoms with Gasteiger partial charge in [0.05, 0.1) is 11.5 Å². The quantitative estimate of drug-likeness (QED) is 0.638. The Labute approximate surface area is 144 Å². The van der Waals surface area contributed by atoms with Gasteiger partial charge in [0.15, 0.2) is 12.4 Å². The molecule has 2 amide bonds. The summed E-state index contributed by atoms with van der Waals surface area (Å²) in [6, 6.07) is 1.72. The number of carbonyl (C=O) groups is 3. The van der Waals surface area contributed by atoms with Crippen LogP contribution in [0.2, 0.25) is 0 Å². The van der Waals surface area contributed by atoms with Gasteiger partial charge in [-0.1, -0.05) is 5.16 Å². The van der Waals surface area contributed by atoms with E-state index in [-0.39, 0.29) is 36.0 Å². The van der Waals surface area contributed by atoms with Crippen molar-refractivity contribution in [2.24, 2.45) is 5.92 Å². The number of hydrogen-bond donors (Lipinski definition) is 2. The lowest BCUT2D eigenvalue weighted by Crippen LogP contribution is -2.37. The minimum absolute atomic E-state index is 0.00325. The molecule has 0 spiro atoms. The largest absolute Gasteiger partial charge is 0.455 e. The van der Waals surface area contributed by atoms with Crippen LogP contribution in [0.15, 0.2) is 10.6 Å². The highest BCUT2D eigenvalue weighted by Crippen LogP contribution is 2.32. The Morgan fingerprint density at radius 1 is 1.38 bits per heavy atom. The molecule has 9 heteroatoms. The van der Waals surface area contributed by atoms with E-state index in [1.54, 1.807) is 13.0 Å². The SMILES string of the molecule is Cc1cc(NC(=O)CSCC(=O)OCC(=O)NC(C)C2CC2)no1. The van der Waals surface area contributed by atoms with Gasteiger partial charge < -0.3 is 19.9 Å². The maximum Gasteiger partial charge on any atom is 0.316 e. The average molecular weight is 355 g/mol. The molecule has 2 rings (SSSR count). The van der Waals surface area contributed by atoms with Gasteiger partial charge in [0.1, 0.15) is 5.76 Å². The maximum absolute atomic E-state index is 11.6. The third-order valence-corrected chi connectivity index (χ3v) is 4.34. The molecule has 1 fully saturated rings. The molecule has 1 aromatic rings. The minimum Gasteiger partial charge on any atom is -0.455 e. The number of ether oxygens (including phenoxy) is 1. The molecule has 2 N–H and O–H groups in total. The lowest BCUT2D eigenvalue weighted by Gasteiger charge is -2.12. The van der Waals surface area contributed by atoms with Gasteiger partial charge in [-0.05, 0) is 32.6 Å². The van der Waals surface area contributed by atoms with Crippen LogP contribution < -0.4 is 10.6 Å². The lowest BCUT2D eigenvalue weighted by molar-refractivity contribution is -0.146. The van der Waals surface area contributed by atoms with Crippen molar-refractivity contribution in [2.45, 2.75) is 32.7 Å². The first-order valence-corrected chi connectivity index (χ1v) is 8.85.